The Morgan fingerprint density at radius 3 is 2.62 bits per heavy atom. The summed E-state index contributed by atoms with van der Waals surface area (Å²) >= 11 is 0. The predicted molar refractivity (Wildman–Crippen MR) is 72.4 cm³/mol. The molecule has 0 spiro atoms. The molecule has 1 atom stereocenters. The maximum Gasteiger partial charge on any atom is 0.416 e. The second-order valence-electron chi connectivity index (χ2n) is 4.87. The average molecular weight is 302 g/mol. The molecule has 0 bridgehead atoms. The Balaban J connectivity index is 2.36. The van der Waals surface area contributed by atoms with Crippen LogP contribution in [0.2, 0.25) is 0 Å². The Bertz CT molecular complexity index is 651. The zero-order valence-corrected chi connectivity index (χ0v) is 12.0. The van der Waals surface area contributed by atoms with Crippen LogP contribution < -0.4 is 5.32 Å². The number of fused-ring (bicyclic) bond motifs is 1. The molecule has 0 saturated carbocycles. The summed E-state index contributed by atoms with van der Waals surface area (Å²) in [5, 5.41) is 15.9. The van der Waals surface area contributed by atoms with Gasteiger partial charge in [-0.2, -0.15) is 22.8 Å². The normalized spacial score (nSPS) is 13.7. The number of anilines is 1. The van der Waals surface area contributed by atoms with Crippen molar-refractivity contribution in [3.05, 3.63) is 23.0 Å². The van der Waals surface area contributed by atoms with Gasteiger partial charge in [0.15, 0.2) is 11.8 Å². The van der Waals surface area contributed by atoms with Gasteiger partial charge in [-0.3, -0.25) is 0 Å². The number of rotatable bonds is 4. The number of alkyl halides is 3. The van der Waals surface area contributed by atoms with Crippen molar-refractivity contribution in [3.63, 3.8) is 0 Å². The molecule has 21 heavy (non-hydrogen) atoms. The number of hydrogen-bond acceptors (Lipinski definition) is 4. The van der Waals surface area contributed by atoms with Crippen molar-refractivity contribution in [2.24, 2.45) is 0 Å². The number of nitrogens with one attached hydrogen (secondary N) is 1. The van der Waals surface area contributed by atoms with Crippen molar-refractivity contribution >= 4 is 11.5 Å². The molecule has 2 aromatic rings. The third-order valence-electron chi connectivity index (χ3n) is 3.33. The molecule has 0 unspecified atom stereocenters. The van der Waals surface area contributed by atoms with Gasteiger partial charge in [-0.15, -0.1) is 0 Å². The lowest BCUT2D eigenvalue weighted by atomic mass is 10.2. The number of aryl methyl sites for hydroxylation is 3. The zero-order valence-electron chi connectivity index (χ0n) is 12.0. The first-order valence-electron chi connectivity index (χ1n) is 6.58. The number of nitrogens with zero attached hydrogens (tertiary/aromatic N) is 3. The smallest absolute Gasteiger partial charge is 0.382 e. The third-order valence-corrected chi connectivity index (χ3v) is 3.33. The number of hydrogen-bond donors (Lipinski definition) is 2. The van der Waals surface area contributed by atoms with E-state index in [0.29, 0.717) is 17.9 Å². The second kappa shape index (κ2) is 5.51. The molecule has 2 N–H and O–H groups in total. The third kappa shape index (κ3) is 3.10. The fourth-order valence-electron chi connectivity index (χ4n) is 1.90. The molecule has 2 aromatic heterocycles. The summed E-state index contributed by atoms with van der Waals surface area (Å²) < 4.78 is 38.5. The molecular formula is C13H17F3N4O. The maximum absolute atomic E-state index is 12.4. The molecule has 0 fully saturated rings. The Morgan fingerprint density at radius 1 is 1.38 bits per heavy atom. The monoisotopic (exact) mass is 302 g/mol. The van der Waals surface area contributed by atoms with Crippen LogP contribution in [0.25, 0.3) is 5.65 Å². The summed E-state index contributed by atoms with van der Waals surface area (Å²) in [4.78, 5) is 4.43. The van der Waals surface area contributed by atoms with E-state index >= 15 is 0 Å². The quantitative estimate of drug-likeness (QED) is 0.909. The number of aliphatic hydroxyl groups is 1. The highest BCUT2D eigenvalue weighted by Crippen LogP contribution is 2.22. The van der Waals surface area contributed by atoms with Crippen molar-refractivity contribution in [2.45, 2.75) is 39.5 Å². The molecule has 0 aliphatic carbocycles. The minimum Gasteiger partial charge on any atom is -0.382 e. The van der Waals surface area contributed by atoms with Crippen molar-refractivity contribution in [3.8, 4) is 0 Å². The van der Waals surface area contributed by atoms with Crippen LogP contribution in [0, 0.1) is 13.8 Å². The van der Waals surface area contributed by atoms with Crippen molar-refractivity contribution in [1.82, 2.24) is 14.6 Å². The molecule has 2 rings (SSSR count). The lowest BCUT2D eigenvalue weighted by Crippen LogP contribution is -2.35. The molecule has 0 radical (unpaired) electrons. The van der Waals surface area contributed by atoms with Gasteiger partial charge in [0.1, 0.15) is 5.82 Å². The van der Waals surface area contributed by atoms with Crippen LogP contribution in [-0.2, 0) is 6.42 Å². The van der Waals surface area contributed by atoms with Crippen molar-refractivity contribution in [1.29, 1.82) is 0 Å². The van der Waals surface area contributed by atoms with Crippen LogP contribution in [0.3, 0.4) is 0 Å². The summed E-state index contributed by atoms with van der Waals surface area (Å²) in [5.74, 6) is 0.386. The van der Waals surface area contributed by atoms with E-state index in [4.69, 9.17) is 5.11 Å². The fraction of sp³-hybridized carbons (Fsp3) is 0.538. The molecule has 8 heteroatoms. The first-order chi connectivity index (χ1) is 9.74. The van der Waals surface area contributed by atoms with E-state index < -0.39 is 18.8 Å². The predicted octanol–water partition coefficient (Wildman–Crippen LogP) is 2.24. The van der Waals surface area contributed by atoms with E-state index in [2.05, 4.69) is 15.4 Å². The highest BCUT2D eigenvalue weighted by atomic mass is 19.4. The molecular weight excluding hydrogens is 285 g/mol. The van der Waals surface area contributed by atoms with Gasteiger partial charge in [-0.25, -0.2) is 4.98 Å². The van der Waals surface area contributed by atoms with Crippen LogP contribution in [0.1, 0.15) is 23.9 Å². The van der Waals surface area contributed by atoms with Crippen LogP contribution in [0.5, 0.6) is 0 Å². The second-order valence-corrected chi connectivity index (χ2v) is 4.87. The van der Waals surface area contributed by atoms with Crippen LogP contribution >= 0.6 is 0 Å². The molecule has 5 nitrogen and oxygen atoms in total. The van der Waals surface area contributed by atoms with E-state index in [-0.39, 0.29) is 0 Å². The molecule has 0 aliphatic rings. The largest absolute Gasteiger partial charge is 0.416 e. The lowest BCUT2D eigenvalue weighted by molar-refractivity contribution is -0.198. The van der Waals surface area contributed by atoms with E-state index in [9.17, 15) is 13.2 Å². The van der Waals surface area contributed by atoms with E-state index in [1.807, 2.05) is 20.8 Å². The molecule has 116 valence electrons. The highest BCUT2D eigenvalue weighted by molar-refractivity contribution is 5.56. The van der Waals surface area contributed by atoms with Gasteiger partial charge in [0.2, 0.25) is 0 Å². The van der Waals surface area contributed by atoms with Gasteiger partial charge in [-0.05, 0) is 20.3 Å². The summed E-state index contributed by atoms with van der Waals surface area (Å²) in [6.07, 6.45) is -6.43. The topological polar surface area (TPSA) is 62.5 Å². The first-order valence-corrected chi connectivity index (χ1v) is 6.58. The Kier molecular flexibility index (Phi) is 4.08. The summed E-state index contributed by atoms with van der Waals surface area (Å²) in [7, 11) is 0. The van der Waals surface area contributed by atoms with Crippen molar-refractivity contribution in [2.75, 3.05) is 11.9 Å². The average Bonchev–Trinajstić information content (AvgIpc) is 2.70. The van der Waals surface area contributed by atoms with Gasteiger partial charge in [0.05, 0.1) is 12.2 Å². The van der Waals surface area contributed by atoms with Gasteiger partial charge < -0.3 is 10.4 Å². The van der Waals surface area contributed by atoms with E-state index in [1.54, 1.807) is 6.07 Å². The Hall–Kier alpha value is -1.83. The number of halogens is 3. The highest BCUT2D eigenvalue weighted by Gasteiger charge is 2.38. The van der Waals surface area contributed by atoms with Gasteiger partial charge in [-0.1, -0.05) is 6.92 Å². The summed E-state index contributed by atoms with van der Waals surface area (Å²) in [6, 6.07) is 1.64. The van der Waals surface area contributed by atoms with Crippen LogP contribution in [-0.4, -0.2) is 38.5 Å². The molecule has 0 aromatic carbocycles. The zero-order chi connectivity index (χ0) is 15.8. The summed E-state index contributed by atoms with van der Waals surface area (Å²) in [5.41, 5.74) is 2.99. The Morgan fingerprint density at radius 2 is 2.05 bits per heavy atom. The van der Waals surface area contributed by atoms with Crippen molar-refractivity contribution < 1.29 is 18.3 Å². The molecule has 0 saturated heterocycles. The molecule has 0 amide bonds. The number of aliphatic hydroxyl groups excluding tert-OH is 1. The van der Waals surface area contributed by atoms with E-state index in [1.165, 1.54) is 4.52 Å². The fourth-order valence-corrected chi connectivity index (χ4v) is 1.90. The standard InChI is InChI=1S/C13H17F3N4O/c1-4-9-5-11(17-6-10(21)13(14,15)16)20-12(18-9)7(2)8(3)19-20/h5,10,17,21H,4,6H2,1-3H3/t10-/m0/s1. The number of aromatic nitrogens is 3. The minimum absolute atomic E-state index is 0.386. The van der Waals surface area contributed by atoms with Gasteiger partial charge in [0.25, 0.3) is 0 Å². The SMILES string of the molecule is CCc1cc(NC[C@H](O)C(F)(F)F)n2nc(C)c(C)c2n1. The summed E-state index contributed by atoms with van der Waals surface area (Å²) in [6.45, 7) is 4.94. The Labute approximate surface area is 119 Å². The minimum atomic E-state index is -4.65. The molecule has 0 aliphatic heterocycles. The van der Waals surface area contributed by atoms with Crippen LogP contribution in [0.4, 0.5) is 19.0 Å². The lowest BCUT2D eigenvalue weighted by Gasteiger charge is -2.16. The maximum atomic E-state index is 12.4. The van der Waals surface area contributed by atoms with Gasteiger partial charge in [0, 0.05) is 17.3 Å². The van der Waals surface area contributed by atoms with Crippen LogP contribution in [0.15, 0.2) is 6.07 Å². The van der Waals surface area contributed by atoms with E-state index in [0.717, 1.165) is 17.0 Å². The van der Waals surface area contributed by atoms with Gasteiger partial charge >= 0.3 is 6.18 Å². The molecule has 2 heterocycles. The first kappa shape index (κ1) is 15.6.